The van der Waals surface area contributed by atoms with Crippen LogP contribution in [0.5, 0.6) is 0 Å². The Morgan fingerprint density at radius 1 is 0.333 bits per heavy atom. The van der Waals surface area contributed by atoms with Gasteiger partial charge >= 0.3 is 0 Å². The van der Waals surface area contributed by atoms with Crippen LogP contribution in [0.1, 0.15) is 5.56 Å². The van der Waals surface area contributed by atoms with Crippen LogP contribution in [0.2, 0.25) is 0 Å². The molecule has 11 aromatic rings. The van der Waals surface area contributed by atoms with E-state index in [1.54, 1.807) is 62.8 Å². The molecule has 6 aromatic heterocycles. The fraction of sp³-hybridized carbons (Fsp3) is 0. The highest BCUT2D eigenvalue weighted by Gasteiger charge is 2.04. The van der Waals surface area contributed by atoms with E-state index in [-0.39, 0.29) is 0 Å². The maximum atomic E-state index is 3.59. The second-order valence-corrected chi connectivity index (χ2v) is 18.8. The molecule has 0 fully saturated rings. The van der Waals surface area contributed by atoms with Crippen molar-refractivity contribution in [3.63, 3.8) is 0 Å². The lowest BCUT2D eigenvalue weighted by atomic mass is 10.1. The molecule has 0 nitrogen and oxygen atoms in total. The molecule has 6 heteroatoms. The quantitative estimate of drug-likeness (QED) is 0.146. The molecule has 5 aromatic carbocycles. The fourth-order valence-corrected chi connectivity index (χ4v) is 10.9. The first-order valence-corrected chi connectivity index (χ1v) is 24.5. The summed E-state index contributed by atoms with van der Waals surface area (Å²) in [4.78, 5) is 8.16. The van der Waals surface area contributed by atoms with Gasteiger partial charge in [-0.2, -0.15) is 0 Å². The Kier molecular flexibility index (Phi) is 16.4. The lowest BCUT2D eigenvalue weighted by Gasteiger charge is -2.00. The smallest absolute Gasteiger partial charge is 0.0455 e. The summed E-state index contributed by atoms with van der Waals surface area (Å²) in [7, 11) is 0. The number of hydrogen-bond acceptors (Lipinski definition) is 6. The Labute approximate surface area is 377 Å². The van der Waals surface area contributed by atoms with Gasteiger partial charge in [-0.15, -0.1) is 68.0 Å². The highest BCUT2D eigenvalue weighted by atomic mass is 32.1. The van der Waals surface area contributed by atoms with E-state index in [2.05, 4.69) is 203 Å². The molecule has 0 aliphatic carbocycles. The Morgan fingerprint density at radius 2 is 0.800 bits per heavy atom. The summed E-state index contributed by atoms with van der Waals surface area (Å²) < 4.78 is 1.37. The van der Waals surface area contributed by atoms with Crippen LogP contribution in [-0.2, 0) is 0 Å². The predicted molar refractivity (Wildman–Crippen MR) is 275 cm³/mol. The summed E-state index contributed by atoms with van der Waals surface area (Å²) >= 11 is 10.8. The first-order chi connectivity index (χ1) is 29.7. The van der Waals surface area contributed by atoms with Crippen molar-refractivity contribution in [1.29, 1.82) is 0 Å². The lowest BCUT2D eigenvalue weighted by molar-refractivity contribution is 1.66. The van der Waals surface area contributed by atoms with Gasteiger partial charge in [0.15, 0.2) is 0 Å². The Bertz CT molecular complexity index is 2780. The molecule has 294 valence electrons. The zero-order valence-corrected chi connectivity index (χ0v) is 37.6. The minimum absolute atomic E-state index is 1.21. The third-order valence-electron chi connectivity index (χ3n) is 8.83. The van der Waals surface area contributed by atoms with E-state index in [4.69, 9.17) is 0 Å². The normalized spacial score (nSPS) is 10.3. The second kappa shape index (κ2) is 23.2. The monoisotopic (exact) mass is 882 g/mol. The maximum Gasteiger partial charge on any atom is 0.0455 e. The first-order valence-electron chi connectivity index (χ1n) is 19.3. The minimum Gasteiger partial charge on any atom is -0.144 e. The number of hydrogen-bond donors (Lipinski definition) is 0. The molecule has 60 heavy (non-hydrogen) atoms. The number of allylic oxidation sites excluding steroid dienone is 2. The summed E-state index contributed by atoms with van der Waals surface area (Å²) in [6, 6.07) is 67.7. The van der Waals surface area contributed by atoms with Gasteiger partial charge in [-0.25, -0.2) is 0 Å². The van der Waals surface area contributed by atoms with Crippen molar-refractivity contribution in [3.8, 4) is 40.4 Å². The summed E-state index contributed by atoms with van der Waals surface area (Å²) in [5, 5.41) is 14.5. The predicted octanol–water partition coefficient (Wildman–Crippen LogP) is 19.0. The number of fused-ring (bicyclic) bond motifs is 2. The van der Waals surface area contributed by atoms with Crippen LogP contribution in [-0.4, -0.2) is 0 Å². The van der Waals surface area contributed by atoms with E-state index < -0.39 is 0 Å². The molecule has 0 unspecified atom stereocenters. The third kappa shape index (κ3) is 12.7. The number of benzene rings is 5. The van der Waals surface area contributed by atoms with Crippen LogP contribution < -0.4 is 0 Å². The third-order valence-corrected chi connectivity index (χ3v) is 14.8. The Hall–Kier alpha value is -5.70. The Balaban J connectivity index is 0.000000115. The molecule has 0 aliphatic rings. The van der Waals surface area contributed by atoms with E-state index >= 15 is 0 Å². The fourth-order valence-electron chi connectivity index (χ4n) is 5.93. The molecule has 0 aliphatic heterocycles. The van der Waals surface area contributed by atoms with Crippen LogP contribution in [0.3, 0.4) is 0 Å². The van der Waals surface area contributed by atoms with Crippen LogP contribution in [0.15, 0.2) is 240 Å². The van der Waals surface area contributed by atoms with Gasteiger partial charge in [0, 0.05) is 34.0 Å². The molecule has 0 bridgehead atoms. The van der Waals surface area contributed by atoms with Crippen molar-refractivity contribution in [2.75, 3.05) is 0 Å². The lowest BCUT2D eigenvalue weighted by Crippen LogP contribution is -1.74. The van der Waals surface area contributed by atoms with E-state index in [1.807, 2.05) is 47.8 Å². The highest BCUT2D eigenvalue weighted by Crippen LogP contribution is 2.35. The van der Waals surface area contributed by atoms with Gasteiger partial charge in [-0.3, -0.25) is 0 Å². The van der Waals surface area contributed by atoms with Crippen molar-refractivity contribution in [2.45, 2.75) is 0 Å². The number of thiophene rings is 6. The van der Waals surface area contributed by atoms with Gasteiger partial charge < -0.3 is 0 Å². The minimum atomic E-state index is 1.21. The van der Waals surface area contributed by atoms with Gasteiger partial charge in [0.2, 0.25) is 0 Å². The SMILES string of the molecule is C=C/C=C/c1ccccc1.c1ccc(-c2cccs2)cc1.c1csc(-c2cc3ccccc3s2)c1.c1csc(-c2ccc3ccccc3c2)c1.c1csc(-c2cccs2)c1. The molecule has 0 atom stereocenters. The second-order valence-electron chi connectivity index (χ2n) is 13.0. The Morgan fingerprint density at radius 3 is 1.33 bits per heavy atom. The van der Waals surface area contributed by atoms with Crippen LogP contribution in [0, 0.1) is 0 Å². The summed E-state index contributed by atoms with van der Waals surface area (Å²) in [6.45, 7) is 3.59. The molecule has 0 spiro atoms. The maximum absolute atomic E-state index is 3.59. The summed E-state index contributed by atoms with van der Waals surface area (Å²) in [5.41, 5.74) is 3.83. The average molecular weight is 883 g/mol. The molecule has 6 heterocycles. The van der Waals surface area contributed by atoms with E-state index in [1.165, 1.54) is 66.8 Å². The van der Waals surface area contributed by atoms with Crippen molar-refractivity contribution >= 4 is 95.0 Å². The molecule has 11 rings (SSSR count). The van der Waals surface area contributed by atoms with Crippen LogP contribution >= 0.6 is 68.0 Å². The molecule has 0 radical (unpaired) electrons. The van der Waals surface area contributed by atoms with Crippen molar-refractivity contribution in [3.05, 3.63) is 245 Å². The molecule has 0 N–H and O–H groups in total. The van der Waals surface area contributed by atoms with Gasteiger partial charge in [0.25, 0.3) is 0 Å². The zero-order chi connectivity index (χ0) is 41.0. The van der Waals surface area contributed by atoms with E-state index in [0.29, 0.717) is 0 Å². The van der Waals surface area contributed by atoms with Crippen molar-refractivity contribution in [1.82, 2.24) is 0 Å². The van der Waals surface area contributed by atoms with Crippen LogP contribution in [0.4, 0.5) is 0 Å². The number of rotatable bonds is 6. The van der Waals surface area contributed by atoms with Gasteiger partial charge in [-0.1, -0.05) is 170 Å². The first kappa shape index (κ1) is 42.4. The van der Waals surface area contributed by atoms with Gasteiger partial charge in [-0.05, 0) is 108 Å². The average Bonchev–Trinajstić information content (AvgIpc) is 4.16. The largest absolute Gasteiger partial charge is 0.144 e. The van der Waals surface area contributed by atoms with Crippen LogP contribution in [0.25, 0.3) is 67.3 Å². The highest BCUT2D eigenvalue weighted by molar-refractivity contribution is 7.25. The zero-order valence-electron chi connectivity index (χ0n) is 32.8. The topological polar surface area (TPSA) is 0 Å². The molecule has 0 amide bonds. The molecular weight excluding hydrogens is 841 g/mol. The van der Waals surface area contributed by atoms with E-state index in [0.717, 1.165) is 0 Å². The molecular formula is C54H42S6. The van der Waals surface area contributed by atoms with E-state index in [9.17, 15) is 0 Å². The van der Waals surface area contributed by atoms with Crippen molar-refractivity contribution in [2.24, 2.45) is 0 Å². The summed E-state index contributed by atoms with van der Waals surface area (Å²) in [6.07, 6.45) is 5.72. The van der Waals surface area contributed by atoms with Gasteiger partial charge in [0.05, 0.1) is 0 Å². The molecule has 0 saturated carbocycles. The summed E-state index contributed by atoms with van der Waals surface area (Å²) in [5.74, 6) is 0. The van der Waals surface area contributed by atoms with Gasteiger partial charge in [0.1, 0.15) is 0 Å². The molecule has 0 saturated heterocycles. The van der Waals surface area contributed by atoms with Crippen molar-refractivity contribution < 1.29 is 0 Å². The standard InChI is InChI=1S/C14H10S.C12H8S2.C10H8S.C10H10.C8H6S2/c1-2-5-12-10-13(8-7-11(12)4-1)14-6-3-9-15-14;1-2-5-10-9(4-1)8-12(14-10)11-6-3-7-13-11;1-2-5-9(6-3-1)10-7-4-8-11-10;1-2-3-7-10-8-5-4-6-9-10;1-3-7(9-5-1)8-4-2-6-10-8/h1-10H;1-8H;1-8H;2-9H,1H2;1-6H/b;;;7-3+;.